The van der Waals surface area contributed by atoms with Crippen molar-refractivity contribution in [3.63, 3.8) is 0 Å². The van der Waals surface area contributed by atoms with Crippen LogP contribution in [0.4, 0.5) is 0 Å². The zero-order valence-corrected chi connectivity index (χ0v) is 10.7. The van der Waals surface area contributed by atoms with Crippen LogP contribution < -0.4 is 27.6 Å². The molecule has 0 saturated carbocycles. The van der Waals surface area contributed by atoms with Crippen molar-refractivity contribution in [2.24, 2.45) is 17.5 Å². The molecule has 0 bridgehead atoms. The van der Waals surface area contributed by atoms with Crippen molar-refractivity contribution in [3.05, 3.63) is 0 Å². The molecule has 1 atom stereocenters. The van der Waals surface area contributed by atoms with Crippen LogP contribution in [0, 0.1) is 5.92 Å². The maximum Gasteiger partial charge on any atom is 0.253 e. The fourth-order valence-corrected chi connectivity index (χ4v) is 1.30. The van der Waals surface area contributed by atoms with Gasteiger partial charge in [-0.05, 0) is 12.3 Å². The molecule has 18 heavy (non-hydrogen) atoms. The van der Waals surface area contributed by atoms with Crippen LogP contribution in [0.15, 0.2) is 0 Å². The van der Waals surface area contributed by atoms with E-state index in [-0.39, 0.29) is 19.0 Å². The normalized spacial score (nSPS) is 11.8. The fourth-order valence-electron chi connectivity index (χ4n) is 1.30. The first kappa shape index (κ1) is 16.3. The second-order valence-corrected chi connectivity index (χ2v) is 4.24. The number of hydrogen-bond acceptors (Lipinski definition) is 5. The maximum atomic E-state index is 11.8. The molecule has 0 fully saturated rings. The monoisotopic (exact) mass is 259 g/mol. The molecule has 0 radical (unpaired) electrons. The van der Waals surface area contributed by atoms with E-state index in [2.05, 4.69) is 10.6 Å². The van der Waals surface area contributed by atoms with Crippen LogP contribution >= 0.6 is 0 Å². The van der Waals surface area contributed by atoms with E-state index in [1.807, 2.05) is 19.3 Å². The zero-order chi connectivity index (χ0) is 14.1. The van der Waals surface area contributed by atoms with Crippen molar-refractivity contribution in [3.8, 4) is 0 Å². The molecule has 0 aliphatic heterocycles. The molecule has 0 aromatic heterocycles. The van der Waals surface area contributed by atoms with Gasteiger partial charge in [-0.25, -0.2) is 5.84 Å². The third-order valence-corrected chi connectivity index (χ3v) is 2.13. The minimum absolute atomic E-state index is 0.189. The number of rotatable bonds is 7. The third kappa shape index (κ3) is 6.81. The predicted octanol–water partition coefficient (Wildman–Crippen LogP) is -2.42. The molecule has 8 nitrogen and oxygen atoms in total. The van der Waals surface area contributed by atoms with Gasteiger partial charge in [0.15, 0.2) is 0 Å². The molecule has 8 heteroatoms. The predicted molar refractivity (Wildman–Crippen MR) is 65.8 cm³/mol. The van der Waals surface area contributed by atoms with Crippen LogP contribution in [0.2, 0.25) is 0 Å². The third-order valence-electron chi connectivity index (χ3n) is 2.13. The van der Waals surface area contributed by atoms with Gasteiger partial charge in [-0.3, -0.25) is 19.8 Å². The summed E-state index contributed by atoms with van der Waals surface area (Å²) >= 11 is 0. The van der Waals surface area contributed by atoms with Gasteiger partial charge in [0.1, 0.15) is 6.04 Å². The number of carbonyl (C=O) groups excluding carboxylic acids is 3. The summed E-state index contributed by atoms with van der Waals surface area (Å²) in [6.45, 7) is 3.41. The molecule has 0 spiro atoms. The van der Waals surface area contributed by atoms with Crippen LogP contribution in [0.25, 0.3) is 0 Å². The minimum atomic E-state index is -0.702. The summed E-state index contributed by atoms with van der Waals surface area (Å²) in [5, 5.41) is 4.88. The summed E-state index contributed by atoms with van der Waals surface area (Å²) < 4.78 is 0. The van der Waals surface area contributed by atoms with Gasteiger partial charge >= 0.3 is 0 Å². The maximum absolute atomic E-state index is 11.8. The second-order valence-electron chi connectivity index (χ2n) is 4.24. The van der Waals surface area contributed by atoms with Crippen molar-refractivity contribution >= 4 is 17.7 Å². The Balaban J connectivity index is 4.39. The first-order valence-electron chi connectivity index (χ1n) is 5.67. The number of hydrazine groups is 1. The summed E-state index contributed by atoms with van der Waals surface area (Å²) in [6.07, 6.45) is 0.460. The van der Waals surface area contributed by atoms with E-state index in [1.165, 1.54) is 0 Å². The summed E-state index contributed by atoms with van der Waals surface area (Å²) in [5.41, 5.74) is 7.06. The first-order valence-corrected chi connectivity index (χ1v) is 5.67. The Hall–Kier alpha value is -1.67. The highest BCUT2D eigenvalue weighted by Gasteiger charge is 2.21. The SMILES string of the molecule is CC(C)CC(NC(=O)CN)C(=O)NCC(=O)NN. The first-order chi connectivity index (χ1) is 8.40. The van der Waals surface area contributed by atoms with Crippen LogP contribution in [0.5, 0.6) is 0 Å². The molecule has 0 aliphatic rings. The van der Waals surface area contributed by atoms with E-state index in [4.69, 9.17) is 11.6 Å². The lowest BCUT2D eigenvalue weighted by atomic mass is 10.0. The highest BCUT2D eigenvalue weighted by atomic mass is 16.2. The van der Waals surface area contributed by atoms with Crippen molar-refractivity contribution in [1.29, 1.82) is 0 Å². The number of nitrogens with one attached hydrogen (secondary N) is 3. The Morgan fingerprint density at radius 2 is 1.78 bits per heavy atom. The fraction of sp³-hybridized carbons (Fsp3) is 0.700. The lowest BCUT2D eigenvalue weighted by Gasteiger charge is -2.19. The molecule has 1 unspecified atom stereocenters. The van der Waals surface area contributed by atoms with Gasteiger partial charge in [-0.2, -0.15) is 0 Å². The van der Waals surface area contributed by atoms with Gasteiger partial charge in [0.25, 0.3) is 5.91 Å². The minimum Gasteiger partial charge on any atom is -0.345 e. The average molecular weight is 259 g/mol. The topological polar surface area (TPSA) is 139 Å². The van der Waals surface area contributed by atoms with E-state index in [9.17, 15) is 14.4 Å². The van der Waals surface area contributed by atoms with Gasteiger partial charge in [0.2, 0.25) is 11.8 Å². The summed E-state index contributed by atoms with van der Waals surface area (Å²) in [7, 11) is 0. The van der Waals surface area contributed by atoms with E-state index >= 15 is 0 Å². The lowest BCUT2D eigenvalue weighted by Crippen LogP contribution is -2.51. The van der Waals surface area contributed by atoms with Crippen molar-refractivity contribution in [2.45, 2.75) is 26.3 Å². The molecule has 0 heterocycles. The molecule has 104 valence electrons. The van der Waals surface area contributed by atoms with E-state index in [1.54, 1.807) is 0 Å². The molecule has 7 N–H and O–H groups in total. The van der Waals surface area contributed by atoms with Crippen LogP contribution in [0.3, 0.4) is 0 Å². The van der Waals surface area contributed by atoms with Gasteiger partial charge < -0.3 is 16.4 Å². The molecular weight excluding hydrogens is 238 g/mol. The molecule has 0 aromatic carbocycles. The van der Waals surface area contributed by atoms with Gasteiger partial charge in [0.05, 0.1) is 13.1 Å². The van der Waals surface area contributed by atoms with Gasteiger partial charge in [-0.1, -0.05) is 13.8 Å². The quantitative estimate of drug-likeness (QED) is 0.197. The Kier molecular flexibility index (Phi) is 7.64. The van der Waals surface area contributed by atoms with Gasteiger partial charge in [-0.15, -0.1) is 0 Å². The molecular formula is C10H21N5O3. The Morgan fingerprint density at radius 1 is 1.17 bits per heavy atom. The van der Waals surface area contributed by atoms with Crippen molar-refractivity contribution in [1.82, 2.24) is 16.1 Å². The van der Waals surface area contributed by atoms with Crippen LogP contribution in [-0.4, -0.2) is 36.9 Å². The Bertz CT molecular complexity index is 306. The summed E-state index contributed by atoms with van der Waals surface area (Å²) in [4.78, 5) is 33.8. The highest BCUT2D eigenvalue weighted by molar-refractivity contribution is 5.90. The lowest BCUT2D eigenvalue weighted by molar-refractivity contribution is -0.130. The molecule has 0 rings (SSSR count). The summed E-state index contributed by atoms with van der Waals surface area (Å²) in [5.74, 6) is 3.72. The summed E-state index contributed by atoms with van der Waals surface area (Å²) in [6, 6.07) is -0.702. The Morgan fingerprint density at radius 3 is 2.22 bits per heavy atom. The smallest absolute Gasteiger partial charge is 0.253 e. The molecule has 0 saturated heterocycles. The van der Waals surface area contributed by atoms with Crippen LogP contribution in [0.1, 0.15) is 20.3 Å². The van der Waals surface area contributed by atoms with Crippen molar-refractivity contribution < 1.29 is 14.4 Å². The van der Waals surface area contributed by atoms with Crippen molar-refractivity contribution in [2.75, 3.05) is 13.1 Å². The highest BCUT2D eigenvalue weighted by Crippen LogP contribution is 2.04. The molecule has 0 aromatic rings. The van der Waals surface area contributed by atoms with E-state index in [0.29, 0.717) is 6.42 Å². The molecule has 0 aliphatic carbocycles. The van der Waals surface area contributed by atoms with Gasteiger partial charge in [0, 0.05) is 0 Å². The standard InChI is InChI=1S/C10H21N5O3/c1-6(2)3-7(14-8(16)4-11)10(18)13-5-9(17)15-12/h6-7H,3-5,11-12H2,1-2H3,(H,13,18)(H,14,16)(H,15,17). The number of amides is 3. The Labute approximate surface area is 106 Å². The number of carbonyl (C=O) groups is 3. The zero-order valence-electron chi connectivity index (χ0n) is 10.7. The van der Waals surface area contributed by atoms with E-state index < -0.39 is 23.8 Å². The largest absolute Gasteiger partial charge is 0.345 e. The van der Waals surface area contributed by atoms with E-state index in [0.717, 1.165) is 0 Å². The number of hydrogen-bond donors (Lipinski definition) is 5. The second kappa shape index (κ2) is 8.43. The number of nitrogens with two attached hydrogens (primary N) is 2. The average Bonchev–Trinajstić information content (AvgIpc) is 2.33. The molecule has 3 amide bonds. The van der Waals surface area contributed by atoms with Crippen LogP contribution in [-0.2, 0) is 14.4 Å².